The average Bonchev–Trinajstić information content (AvgIpc) is 3.25. The summed E-state index contributed by atoms with van der Waals surface area (Å²) < 4.78 is 29.5. The number of carbonyl (C=O) groups is 1. The standard InChI is InChI=1S/C25H26ClN5O3S2/c1-15(2)7-19-12-30(36(33,34)24-9-17-4-5-18(26)10-22(17)35-24)13-23(32)31(19)11-16-3-6-20-21(8-16)28-14-29-25(20)27/h3-6,8-10,14-15,19H,7,11-13H2,1-2H3,(H2,27,28,29). The molecule has 0 spiro atoms. The Morgan fingerprint density at radius 1 is 1.17 bits per heavy atom. The lowest BCUT2D eigenvalue weighted by molar-refractivity contribution is -0.138. The van der Waals surface area contributed by atoms with E-state index in [0.717, 1.165) is 21.0 Å². The average molecular weight is 544 g/mol. The number of benzene rings is 2. The van der Waals surface area contributed by atoms with Crippen LogP contribution in [-0.2, 0) is 21.4 Å². The van der Waals surface area contributed by atoms with E-state index in [9.17, 15) is 13.2 Å². The van der Waals surface area contributed by atoms with Crippen LogP contribution >= 0.6 is 22.9 Å². The number of aromatic nitrogens is 2. The van der Waals surface area contributed by atoms with E-state index in [0.29, 0.717) is 29.3 Å². The van der Waals surface area contributed by atoms with Crippen LogP contribution in [0.2, 0.25) is 5.02 Å². The maximum Gasteiger partial charge on any atom is 0.253 e. The molecule has 1 aliphatic heterocycles. The van der Waals surface area contributed by atoms with Gasteiger partial charge in [-0.2, -0.15) is 4.31 Å². The molecule has 2 aromatic carbocycles. The molecule has 3 heterocycles. The van der Waals surface area contributed by atoms with Crippen LogP contribution in [0.15, 0.2) is 53.0 Å². The summed E-state index contributed by atoms with van der Waals surface area (Å²) in [5.74, 6) is 0.466. The van der Waals surface area contributed by atoms with Crippen molar-refractivity contribution in [3.05, 3.63) is 59.4 Å². The zero-order valence-electron chi connectivity index (χ0n) is 19.9. The number of hydrogen-bond acceptors (Lipinski definition) is 7. The molecule has 188 valence electrons. The van der Waals surface area contributed by atoms with E-state index in [1.54, 1.807) is 29.2 Å². The highest BCUT2D eigenvalue weighted by molar-refractivity contribution is 7.91. The molecule has 2 aromatic heterocycles. The zero-order valence-corrected chi connectivity index (χ0v) is 22.3. The second kappa shape index (κ2) is 9.59. The lowest BCUT2D eigenvalue weighted by atomic mass is 9.99. The normalized spacial score (nSPS) is 17.5. The number of rotatable bonds is 6. The highest BCUT2D eigenvalue weighted by Crippen LogP contribution is 2.34. The largest absolute Gasteiger partial charge is 0.383 e. The first kappa shape index (κ1) is 24.9. The van der Waals surface area contributed by atoms with Gasteiger partial charge in [-0.15, -0.1) is 11.3 Å². The van der Waals surface area contributed by atoms with Gasteiger partial charge in [0.1, 0.15) is 16.4 Å². The van der Waals surface area contributed by atoms with Crippen molar-refractivity contribution in [1.29, 1.82) is 0 Å². The Morgan fingerprint density at radius 3 is 2.75 bits per heavy atom. The minimum Gasteiger partial charge on any atom is -0.383 e. The van der Waals surface area contributed by atoms with Crippen LogP contribution in [0.5, 0.6) is 0 Å². The molecule has 1 aliphatic rings. The number of carbonyl (C=O) groups excluding carboxylic acids is 1. The van der Waals surface area contributed by atoms with Gasteiger partial charge >= 0.3 is 0 Å². The topological polar surface area (TPSA) is 109 Å². The van der Waals surface area contributed by atoms with Crippen molar-refractivity contribution < 1.29 is 13.2 Å². The van der Waals surface area contributed by atoms with Crippen LogP contribution in [0, 0.1) is 5.92 Å². The highest BCUT2D eigenvalue weighted by atomic mass is 35.5. The van der Waals surface area contributed by atoms with E-state index < -0.39 is 10.0 Å². The molecule has 5 rings (SSSR count). The molecule has 0 radical (unpaired) electrons. The van der Waals surface area contributed by atoms with Crippen LogP contribution in [0.1, 0.15) is 25.8 Å². The summed E-state index contributed by atoms with van der Waals surface area (Å²) in [5, 5.41) is 2.12. The highest BCUT2D eigenvalue weighted by Gasteiger charge is 2.39. The first-order chi connectivity index (χ1) is 17.1. The van der Waals surface area contributed by atoms with Crippen molar-refractivity contribution in [1.82, 2.24) is 19.2 Å². The third kappa shape index (κ3) is 4.78. The molecule has 1 unspecified atom stereocenters. The monoisotopic (exact) mass is 543 g/mol. The number of piperazine rings is 1. The second-order valence-corrected chi connectivity index (χ2v) is 13.1. The Hall–Kier alpha value is -2.79. The van der Waals surface area contributed by atoms with Gasteiger partial charge < -0.3 is 10.6 Å². The number of anilines is 1. The second-order valence-electron chi connectivity index (χ2n) is 9.46. The first-order valence-electron chi connectivity index (χ1n) is 11.6. The van der Waals surface area contributed by atoms with Crippen molar-refractivity contribution in [3.63, 3.8) is 0 Å². The summed E-state index contributed by atoms with van der Waals surface area (Å²) in [6.07, 6.45) is 2.10. The van der Waals surface area contributed by atoms with E-state index in [1.165, 1.54) is 22.0 Å². The number of nitrogen functional groups attached to an aromatic ring is 1. The summed E-state index contributed by atoms with van der Waals surface area (Å²) >= 11 is 7.26. The Morgan fingerprint density at radius 2 is 1.97 bits per heavy atom. The number of fused-ring (bicyclic) bond motifs is 2. The van der Waals surface area contributed by atoms with Gasteiger partial charge in [-0.3, -0.25) is 4.79 Å². The van der Waals surface area contributed by atoms with Gasteiger partial charge in [0, 0.05) is 34.2 Å². The predicted molar refractivity (Wildman–Crippen MR) is 143 cm³/mol. The van der Waals surface area contributed by atoms with Crippen molar-refractivity contribution >= 4 is 65.7 Å². The number of amides is 1. The summed E-state index contributed by atoms with van der Waals surface area (Å²) in [5.41, 5.74) is 7.55. The number of nitrogens with two attached hydrogens (primary N) is 1. The molecule has 1 saturated heterocycles. The number of sulfonamides is 1. The van der Waals surface area contributed by atoms with Crippen molar-refractivity contribution in [2.45, 2.75) is 37.1 Å². The Labute approximate surface area is 218 Å². The van der Waals surface area contributed by atoms with Gasteiger partial charge in [0.2, 0.25) is 5.91 Å². The van der Waals surface area contributed by atoms with Gasteiger partial charge in [0.15, 0.2) is 0 Å². The van der Waals surface area contributed by atoms with Gasteiger partial charge in [0.05, 0.1) is 12.1 Å². The molecule has 4 aromatic rings. The molecule has 0 saturated carbocycles. The number of halogens is 1. The van der Waals surface area contributed by atoms with Crippen molar-refractivity contribution in [2.75, 3.05) is 18.8 Å². The van der Waals surface area contributed by atoms with E-state index >= 15 is 0 Å². The molecule has 1 atom stereocenters. The van der Waals surface area contributed by atoms with Gasteiger partial charge in [-0.25, -0.2) is 18.4 Å². The third-order valence-corrected chi connectivity index (χ3v) is 9.96. The van der Waals surface area contributed by atoms with Crippen LogP contribution in [0.25, 0.3) is 21.0 Å². The number of nitrogens with zero attached hydrogens (tertiary/aromatic N) is 4. The minimum atomic E-state index is -3.84. The maximum atomic E-state index is 13.6. The Bertz CT molecular complexity index is 1570. The fourth-order valence-corrected chi connectivity index (χ4v) is 7.90. The molecule has 1 fully saturated rings. The molecule has 1 amide bonds. The van der Waals surface area contributed by atoms with Gasteiger partial charge in [-0.05, 0) is 53.6 Å². The van der Waals surface area contributed by atoms with Gasteiger partial charge in [-0.1, -0.05) is 37.6 Å². The summed E-state index contributed by atoms with van der Waals surface area (Å²) in [6.45, 7) is 4.55. The first-order valence-corrected chi connectivity index (χ1v) is 14.2. The van der Waals surface area contributed by atoms with Crippen LogP contribution in [0.4, 0.5) is 5.82 Å². The van der Waals surface area contributed by atoms with Crippen molar-refractivity contribution in [3.8, 4) is 0 Å². The molecular weight excluding hydrogens is 518 g/mol. The van der Waals surface area contributed by atoms with E-state index in [1.807, 2.05) is 18.2 Å². The van der Waals surface area contributed by atoms with Gasteiger partial charge in [0.25, 0.3) is 10.0 Å². The Kier molecular flexibility index (Phi) is 6.63. The summed E-state index contributed by atoms with van der Waals surface area (Å²) in [6, 6.07) is 12.4. The fourth-order valence-electron chi connectivity index (χ4n) is 4.64. The smallest absolute Gasteiger partial charge is 0.253 e. The lowest BCUT2D eigenvalue weighted by Crippen LogP contribution is -2.57. The molecular formula is C25H26ClN5O3S2. The summed E-state index contributed by atoms with van der Waals surface area (Å²) in [4.78, 5) is 23.5. The molecule has 0 aliphatic carbocycles. The summed E-state index contributed by atoms with van der Waals surface area (Å²) in [7, 11) is -3.84. The lowest BCUT2D eigenvalue weighted by Gasteiger charge is -2.41. The molecule has 36 heavy (non-hydrogen) atoms. The number of thiophene rings is 1. The predicted octanol–water partition coefficient (Wildman–Crippen LogP) is 4.53. The van der Waals surface area contributed by atoms with Crippen LogP contribution in [0.3, 0.4) is 0 Å². The quantitative estimate of drug-likeness (QED) is 0.382. The third-order valence-electron chi connectivity index (χ3n) is 6.37. The molecule has 2 N–H and O–H groups in total. The Balaban J connectivity index is 1.43. The van der Waals surface area contributed by atoms with E-state index in [2.05, 4.69) is 23.8 Å². The van der Waals surface area contributed by atoms with E-state index in [4.69, 9.17) is 17.3 Å². The van der Waals surface area contributed by atoms with Crippen molar-refractivity contribution in [2.24, 2.45) is 5.92 Å². The van der Waals surface area contributed by atoms with E-state index in [-0.39, 0.29) is 35.2 Å². The maximum absolute atomic E-state index is 13.6. The molecule has 8 nitrogen and oxygen atoms in total. The molecule has 0 bridgehead atoms. The fraction of sp³-hybridized carbons (Fsp3) is 0.320. The van der Waals surface area contributed by atoms with Crippen LogP contribution in [-0.4, -0.2) is 52.6 Å². The number of hydrogen-bond donors (Lipinski definition) is 1. The minimum absolute atomic E-state index is 0.200. The SMILES string of the molecule is CC(C)CC1CN(S(=O)(=O)c2cc3ccc(Cl)cc3s2)CC(=O)N1Cc1ccc2c(N)ncnc2c1. The molecule has 11 heteroatoms. The van der Waals surface area contributed by atoms with Crippen LogP contribution < -0.4 is 5.73 Å². The zero-order chi connectivity index (χ0) is 25.6.